The number of rotatable bonds is 3. The number of halogens is 1. The van der Waals surface area contributed by atoms with Gasteiger partial charge in [0.15, 0.2) is 11.5 Å². The summed E-state index contributed by atoms with van der Waals surface area (Å²) in [5, 5.41) is 0.401. The van der Waals surface area contributed by atoms with E-state index in [1.54, 1.807) is 17.0 Å². The van der Waals surface area contributed by atoms with E-state index < -0.39 is 16.0 Å². The number of fused-ring (bicyclic) bond motifs is 2. The van der Waals surface area contributed by atoms with Gasteiger partial charge in [0.05, 0.1) is 29.6 Å². The first-order valence-electron chi connectivity index (χ1n) is 8.66. The summed E-state index contributed by atoms with van der Waals surface area (Å²) in [6.45, 7) is 1.31. The SMILES string of the molecule is O=C(OCc1cc(Cl)c2c(c1)OCCCO2)C1=CN2CCS(=O)(=O)N=C2C=C1. The molecule has 0 amide bonds. The molecule has 0 unspecified atom stereocenters. The van der Waals surface area contributed by atoms with Gasteiger partial charge in [-0.1, -0.05) is 11.6 Å². The van der Waals surface area contributed by atoms with Crippen molar-refractivity contribution >= 4 is 33.4 Å². The van der Waals surface area contributed by atoms with E-state index in [0.717, 1.165) is 6.42 Å². The molecule has 0 atom stereocenters. The van der Waals surface area contributed by atoms with Crippen LogP contribution >= 0.6 is 11.6 Å². The van der Waals surface area contributed by atoms with E-state index in [1.807, 2.05) is 0 Å². The third kappa shape index (κ3) is 4.00. The zero-order valence-electron chi connectivity index (χ0n) is 14.8. The molecule has 148 valence electrons. The fourth-order valence-electron chi connectivity index (χ4n) is 2.92. The van der Waals surface area contributed by atoms with E-state index in [-0.39, 0.29) is 24.7 Å². The highest BCUT2D eigenvalue weighted by atomic mass is 35.5. The molecule has 3 heterocycles. The van der Waals surface area contributed by atoms with Crippen LogP contribution in [0.1, 0.15) is 12.0 Å². The summed E-state index contributed by atoms with van der Waals surface area (Å²) < 4.78 is 43.3. The van der Waals surface area contributed by atoms with Gasteiger partial charge < -0.3 is 19.1 Å². The Morgan fingerprint density at radius 1 is 1.25 bits per heavy atom. The second-order valence-corrected chi connectivity index (χ2v) is 8.54. The van der Waals surface area contributed by atoms with Crippen LogP contribution < -0.4 is 9.47 Å². The molecule has 1 aromatic carbocycles. The summed E-state index contributed by atoms with van der Waals surface area (Å²) in [4.78, 5) is 14.0. The molecule has 28 heavy (non-hydrogen) atoms. The average Bonchev–Trinajstić information content (AvgIpc) is 2.91. The van der Waals surface area contributed by atoms with Crippen molar-refractivity contribution in [1.29, 1.82) is 0 Å². The molecular weight excluding hydrogens is 408 g/mol. The number of esters is 1. The Morgan fingerprint density at radius 2 is 2.07 bits per heavy atom. The Morgan fingerprint density at radius 3 is 2.93 bits per heavy atom. The van der Waals surface area contributed by atoms with Gasteiger partial charge in [-0.2, -0.15) is 0 Å². The van der Waals surface area contributed by atoms with Crippen LogP contribution in [0, 0.1) is 0 Å². The van der Waals surface area contributed by atoms with Crippen LogP contribution in [-0.2, 0) is 26.2 Å². The van der Waals surface area contributed by atoms with E-state index in [4.69, 9.17) is 25.8 Å². The summed E-state index contributed by atoms with van der Waals surface area (Å²) in [6, 6.07) is 3.42. The fraction of sp³-hybridized carbons (Fsp3) is 0.333. The molecule has 0 aliphatic carbocycles. The molecular formula is C18H17ClN2O6S. The lowest BCUT2D eigenvalue weighted by molar-refractivity contribution is -0.139. The summed E-state index contributed by atoms with van der Waals surface area (Å²) in [5.41, 5.74) is 0.980. The Balaban J connectivity index is 1.44. The molecule has 1 aromatic rings. The minimum Gasteiger partial charge on any atom is -0.489 e. The first-order chi connectivity index (χ1) is 13.4. The van der Waals surface area contributed by atoms with Crippen molar-refractivity contribution in [1.82, 2.24) is 4.90 Å². The normalized spacial score (nSPS) is 19.8. The number of carbonyl (C=O) groups is 1. The van der Waals surface area contributed by atoms with E-state index in [2.05, 4.69) is 4.40 Å². The monoisotopic (exact) mass is 424 g/mol. The van der Waals surface area contributed by atoms with Gasteiger partial charge in [-0.3, -0.25) is 0 Å². The van der Waals surface area contributed by atoms with E-state index >= 15 is 0 Å². The molecule has 3 aliphatic heterocycles. The topological polar surface area (TPSA) is 94.5 Å². The molecule has 0 saturated carbocycles. The Bertz CT molecular complexity index is 1020. The van der Waals surface area contributed by atoms with Crippen LogP contribution in [0.5, 0.6) is 11.5 Å². The van der Waals surface area contributed by atoms with Gasteiger partial charge in [0.1, 0.15) is 12.4 Å². The second kappa shape index (κ2) is 7.48. The fourth-order valence-corrected chi connectivity index (χ4v) is 4.18. The van der Waals surface area contributed by atoms with Crippen LogP contribution in [0.2, 0.25) is 5.02 Å². The van der Waals surface area contributed by atoms with Crippen molar-refractivity contribution in [2.45, 2.75) is 13.0 Å². The van der Waals surface area contributed by atoms with Gasteiger partial charge >= 0.3 is 5.97 Å². The standard InChI is InChI=1S/C18H17ClN2O6S/c19-14-8-12(9-15-17(14)26-6-1-5-25-15)11-27-18(22)13-2-3-16-20-28(23,24)7-4-21(16)10-13/h2-3,8-10H,1,4-7,11H2. The number of hydrogen-bond donors (Lipinski definition) is 0. The highest BCUT2D eigenvalue weighted by Crippen LogP contribution is 2.38. The number of hydrogen-bond acceptors (Lipinski definition) is 7. The summed E-state index contributed by atoms with van der Waals surface area (Å²) in [7, 11) is -3.44. The lowest BCUT2D eigenvalue weighted by Gasteiger charge is -2.26. The van der Waals surface area contributed by atoms with Gasteiger partial charge in [-0.25, -0.2) is 13.2 Å². The van der Waals surface area contributed by atoms with Crippen LogP contribution in [0.4, 0.5) is 0 Å². The van der Waals surface area contributed by atoms with Gasteiger partial charge in [0, 0.05) is 19.2 Å². The maximum Gasteiger partial charge on any atom is 0.339 e. The largest absolute Gasteiger partial charge is 0.489 e. The Kier molecular flexibility index (Phi) is 5.03. The number of sulfonamides is 1. The number of carbonyl (C=O) groups excluding carboxylic acids is 1. The van der Waals surface area contributed by atoms with Crippen molar-refractivity contribution in [2.24, 2.45) is 4.40 Å². The minimum absolute atomic E-state index is 0.00962. The third-order valence-corrected chi connectivity index (χ3v) is 5.74. The minimum atomic E-state index is -3.44. The summed E-state index contributed by atoms with van der Waals surface area (Å²) in [6.07, 6.45) is 5.27. The third-order valence-electron chi connectivity index (χ3n) is 4.29. The molecule has 0 N–H and O–H groups in total. The number of nitrogens with zero attached hydrogens (tertiary/aromatic N) is 2. The van der Waals surface area contributed by atoms with Crippen molar-refractivity contribution in [2.75, 3.05) is 25.5 Å². The number of ether oxygens (including phenoxy) is 3. The van der Waals surface area contributed by atoms with E-state index in [9.17, 15) is 13.2 Å². The first-order valence-corrected chi connectivity index (χ1v) is 10.6. The molecule has 0 saturated heterocycles. The predicted molar refractivity (Wildman–Crippen MR) is 102 cm³/mol. The van der Waals surface area contributed by atoms with Crippen LogP contribution in [-0.4, -0.2) is 50.6 Å². The highest BCUT2D eigenvalue weighted by Gasteiger charge is 2.25. The molecule has 10 heteroatoms. The van der Waals surface area contributed by atoms with Crippen LogP contribution in [0.25, 0.3) is 0 Å². The van der Waals surface area contributed by atoms with Crippen molar-refractivity contribution in [3.63, 3.8) is 0 Å². The smallest absolute Gasteiger partial charge is 0.339 e. The Labute approximate surface area is 167 Å². The van der Waals surface area contributed by atoms with Crippen molar-refractivity contribution in [3.05, 3.63) is 46.6 Å². The van der Waals surface area contributed by atoms with Crippen LogP contribution in [0.15, 0.2) is 40.5 Å². The van der Waals surface area contributed by atoms with E-state index in [1.165, 1.54) is 18.4 Å². The molecule has 0 radical (unpaired) electrons. The van der Waals surface area contributed by atoms with Gasteiger partial charge in [0.25, 0.3) is 10.0 Å². The first kappa shape index (κ1) is 18.8. The van der Waals surface area contributed by atoms with Gasteiger partial charge in [-0.15, -0.1) is 4.40 Å². The number of benzene rings is 1. The molecule has 0 spiro atoms. The molecule has 0 aromatic heterocycles. The maximum absolute atomic E-state index is 12.4. The molecule has 0 fully saturated rings. The van der Waals surface area contributed by atoms with Crippen molar-refractivity contribution in [3.8, 4) is 11.5 Å². The highest BCUT2D eigenvalue weighted by molar-refractivity contribution is 7.90. The van der Waals surface area contributed by atoms with Crippen molar-refractivity contribution < 1.29 is 27.4 Å². The average molecular weight is 425 g/mol. The Hall–Kier alpha value is -2.52. The van der Waals surface area contributed by atoms with Gasteiger partial charge in [0.2, 0.25) is 0 Å². The lowest BCUT2D eigenvalue weighted by Crippen LogP contribution is -2.37. The quantitative estimate of drug-likeness (QED) is 0.685. The zero-order chi connectivity index (χ0) is 19.7. The zero-order valence-corrected chi connectivity index (χ0v) is 16.3. The van der Waals surface area contributed by atoms with Crippen LogP contribution in [0.3, 0.4) is 0 Å². The maximum atomic E-state index is 12.4. The lowest BCUT2D eigenvalue weighted by atomic mass is 10.2. The number of amidine groups is 1. The molecule has 0 bridgehead atoms. The second-order valence-electron chi connectivity index (χ2n) is 6.38. The molecule has 3 aliphatic rings. The van der Waals surface area contributed by atoms with E-state index in [0.29, 0.717) is 40.9 Å². The summed E-state index contributed by atoms with van der Waals surface area (Å²) in [5.74, 6) is 0.686. The predicted octanol–water partition coefficient (Wildman–Crippen LogP) is 2.04. The molecule has 8 nitrogen and oxygen atoms in total. The summed E-state index contributed by atoms with van der Waals surface area (Å²) >= 11 is 6.25. The van der Waals surface area contributed by atoms with Gasteiger partial charge in [-0.05, 0) is 29.8 Å². The molecule has 4 rings (SSSR count).